The molecule has 0 aliphatic carbocycles. The van der Waals surface area contributed by atoms with Crippen molar-refractivity contribution in [3.8, 4) is 0 Å². The normalized spacial score (nSPS) is 15.0. The molecule has 1 amide bonds. The number of rotatable bonds is 6. The van der Waals surface area contributed by atoms with Crippen LogP contribution in [0.4, 0.5) is 19.0 Å². The zero-order valence-corrected chi connectivity index (χ0v) is 18.4. The number of carbonyl (C=O) groups excluding carboxylic acids is 1. The molecule has 0 bridgehead atoms. The van der Waals surface area contributed by atoms with E-state index in [-0.39, 0.29) is 16.8 Å². The predicted octanol–water partition coefficient (Wildman–Crippen LogP) is 3.93. The molecule has 7 nitrogen and oxygen atoms in total. The van der Waals surface area contributed by atoms with Crippen molar-refractivity contribution in [2.45, 2.75) is 32.1 Å². The first kappa shape index (κ1) is 23.0. The highest BCUT2D eigenvalue weighted by Crippen LogP contribution is 2.34. The SMILES string of the molecule is O=C(NCc1ccc(Cn2cncn2)cc1)C1CCN(c2ncc(C(F)(F)F)cc2Cl)CC1. The van der Waals surface area contributed by atoms with E-state index in [4.69, 9.17) is 11.6 Å². The molecule has 4 rings (SSSR count). The number of hydrogen-bond acceptors (Lipinski definition) is 5. The Hall–Kier alpha value is -3.14. The summed E-state index contributed by atoms with van der Waals surface area (Å²) in [5.74, 6) is 0.114. The second kappa shape index (κ2) is 9.78. The molecular formula is C22H22ClF3N6O. The van der Waals surface area contributed by atoms with Crippen LogP contribution in [0.15, 0.2) is 49.2 Å². The van der Waals surface area contributed by atoms with Crippen molar-refractivity contribution >= 4 is 23.3 Å². The molecule has 3 aromatic rings. The Balaban J connectivity index is 1.26. The lowest BCUT2D eigenvalue weighted by Gasteiger charge is -2.32. The minimum Gasteiger partial charge on any atom is -0.355 e. The molecule has 1 aliphatic heterocycles. The van der Waals surface area contributed by atoms with Crippen LogP contribution in [0.3, 0.4) is 0 Å². The molecule has 1 saturated heterocycles. The Morgan fingerprint density at radius 3 is 2.45 bits per heavy atom. The number of nitrogens with one attached hydrogen (secondary N) is 1. The van der Waals surface area contributed by atoms with Gasteiger partial charge in [0.05, 0.1) is 17.1 Å². The Morgan fingerprint density at radius 1 is 1.15 bits per heavy atom. The predicted molar refractivity (Wildman–Crippen MR) is 117 cm³/mol. The maximum atomic E-state index is 12.8. The van der Waals surface area contributed by atoms with E-state index in [0.29, 0.717) is 44.8 Å². The first-order chi connectivity index (χ1) is 15.8. The lowest BCUT2D eigenvalue weighted by atomic mass is 9.95. The van der Waals surface area contributed by atoms with E-state index in [9.17, 15) is 18.0 Å². The molecule has 11 heteroatoms. The van der Waals surface area contributed by atoms with Crippen molar-refractivity contribution in [3.63, 3.8) is 0 Å². The molecule has 33 heavy (non-hydrogen) atoms. The van der Waals surface area contributed by atoms with E-state index < -0.39 is 11.7 Å². The van der Waals surface area contributed by atoms with Crippen molar-refractivity contribution in [2.75, 3.05) is 18.0 Å². The standard InChI is InChI=1S/C22H22ClF3N6O/c23-19-9-18(22(24,25)26)11-28-20(19)31-7-5-17(6-8-31)21(33)29-10-15-1-3-16(4-2-15)12-32-14-27-13-30-32/h1-4,9,11,13-14,17H,5-8,10,12H2,(H,29,33). The van der Waals surface area contributed by atoms with Crippen LogP contribution in [0.25, 0.3) is 0 Å². The molecule has 1 aliphatic rings. The molecular weight excluding hydrogens is 457 g/mol. The molecule has 2 aromatic heterocycles. The molecule has 0 unspecified atom stereocenters. The fourth-order valence-electron chi connectivity index (χ4n) is 3.77. The summed E-state index contributed by atoms with van der Waals surface area (Å²) < 4.78 is 40.2. The minimum absolute atomic E-state index is 0.0344. The fourth-order valence-corrected chi connectivity index (χ4v) is 4.06. The van der Waals surface area contributed by atoms with Crippen LogP contribution in [0.5, 0.6) is 0 Å². The van der Waals surface area contributed by atoms with Crippen molar-refractivity contribution in [2.24, 2.45) is 5.92 Å². The summed E-state index contributed by atoms with van der Waals surface area (Å²) in [7, 11) is 0. The topological polar surface area (TPSA) is 75.9 Å². The largest absolute Gasteiger partial charge is 0.417 e. The molecule has 1 N–H and O–H groups in total. The van der Waals surface area contributed by atoms with Crippen LogP contribution in [0.2, 0.25) is 5.02 Å². The van der Waals surface area contributed by atoms with Gasteiger partial charge in [-0.1, -0.05) is 35.9 Å². The van der Waals surface area contributed by atoms with E-state index in [1.165, 1.54) is 6.33 Å². The number of alkyl halides is 3. The zero-order valence-electron chi connectivity index (χ0n) is 17.6. The summed E-state index contributed by atoms with van der Waals surface area (Å²) in [6.07, 6.45) is 0.586. The van der Waals surface area contributed by atoms with Crippen LogP contribution in [0, 0.1) is 5.92 Å². The lowest BCUT2D eigenvalue weighted by Crippen LogP contribution is -2.40. The molecule has 3 heterocycles. The van der Waals surface area contributed by atoms with E-state index in [1.807, 2.05) is 29.2 Å². The lowest BCUT2D eigenvalue weighted by molar-refractivity contribution is -0.137. The van der Waals surface area contributed by atoms with Crippen LogP contribution in [-0.2, 0) is 24.1 Å². The number of amides is 1. The second-order valence-electron chi connectivity index (χ2n) is 7.92. The third-order valence-electron chi connectivity index (χ3n) is 5.62. The number of pyridine rings is 1. The van der Waals surface area contributed by atoms with Gasteiger partial charge in [0.25, 0.3) is 0 Å². The molecule has 1 fully saturated rings. The van der Waals surface area contributed by atoms with E-state index >= 15 is 0 Å². The number of benzene rings is 1. The maximum absolute atomic E-state index is 12.8. The molecule has 174 valence electrons. The second-order valence-corrected chi connectivity index (χ2v) is 8.32. The Labute approximate surface area is 193 Å². The Bertz CT molecular complexity index is 1080. The summed E-state index contributed by atoms with van der Waals surface area (Å²) in [5.41, 5.74) is 1.19. The van der Waals surface area contributed by atoms with E-state index in [2.05, 4.69) is 20.4 Å². The van der Waals surface area contributed by atoms with Gasteiger partial charge in [-0.15, -0.1) is 0 Å². The average Bonchev–Trinajstić information content (AvgIpc) is 3.31. The summed E-state index contributed by atoms with van der Waals surface area (Å²) in [5, 5.41) is 7.01. The summed E-state index contributed by atoms with van der Waals surface area (Å²) in [4.78, 5) is 22.2. The molecule has 0 saturated carbocycles. The van der Waals surface area contributed by atoms with Crippen LogP contribution in [-0.4, -0.2) is 38.7 Å². The van der Waals surface area contributed by atoms with Crippen LogP contribution < -0.4 is 10.2 Å². The Morgan fingerprint density at radius 2 is 1.85 bits per heavy atom. The molecule has 0 spiro atoms. The minimum atomic E-state index is -4.49. The van der Waals surface area contributed by atoms with Gasteiger partial charge >= 0.3 is 6.18 Å². The Kier molecular flexibility index (Phi) is 6.83. The number of halogens is 4. The van der Waals surface area contributed by atoms with Gasteiger partial charge in [-0.05, 0) is 30.0 Å². The van der Waals surface area contributed by atoms with Gasteiger partial charge in [0.15, 0.2) is 0 Å². The average molecular weight is 479 g/mol. The van der Waals surface area contributed by atoms with Gasteiger partial charge in [0, 0.05) is 31.7 Å². The monoisotopic (exact) mass is 478 g/mol. The van der Waals surface area contributed by atoms with E-state index in [1.54, 1.807) is 11.0 Å². The van der Waals surface area contributed by atoms with Gasteiger partial charge in [0.2, 0.25) is 5.91 Å². The molecule has 1 aromatic carbocycles. The van der Waals surface area contributed by atoms with Crippen LogP contribution >= 0.6 is 11.6 Å². The molecule has 0 radical (unpaired) electrons. The maximum Gasteiger partial charge on any atom is 0.417 e. The number of carbonyl (C=O) groups is 1. The van der Waals surface area contributed by atoms with Crippen molar-refractivity contribution in [3.05, 3.63) is 70.9 Å². The summed E-state index contributed by atoms with van der Waals surface area (Å²) in [6, 6.07) is 8.80. The van der Waals surface area contributed by atoms with Crippen molar-refractivity contribution < 1.29 is 18.0 Å². The quantitative estimate of drug-likeness (QED) is 0.581. The summed E-state index contributed by atoms with van der Waals surface area (Å²) in [6.45, 7) is 2.04. The molecule has 0 atom stereocenters. The van der Waals surface area contributed by atoms with Gasteiger partial charge in [-0.3, -0.25) is 4.79 Å². The third kappa shape index (κ3) is 5.81. The number of aromatic nitrogens is 4. The van der Waals surface area contributed by atoms with Crippen molar-refractivity contribution in [1.82, 2.24) is 25.1 Å². The van der Waals surface area contributed by atoms with Gasteiger partial charge in [-0.2, -0.15) is 18.3 Å². The smallest absolute Gasteiger partial charge is 0.355 e. The zero-order chi connectivity index (χ0) is 23.4. The van der Waals surface area contributed by atoms with Gasteiger partial charge < -0.3 is 10.2 Å². The van der Waals surface area contributed by atoms with Gasteiger partial charge in [0.1, 0.15) is 18.5 Å². The van der Waals surface area contributed by atoms with E-state index in [0.717, 1.165) is 23.4 Å². The first-order valence-electron chi connectivity index (χ1n) is 10.5. The van der Waals surface area contributed by atoms with Crippen molar-refractivity contribution in [1.29, 1.82) is 0 Å². The highest BCUT2D eigenvalue weighted by molar-refractivity contribution is 6.33. The highest BCUT2D eigenvalue weighted by Gasteiger charge is 2.33. The van der Waals surface area contributed by atoms with Crippen LogP contribution in [0.1, 0.15) is 29.5 Å². The fraction of sp³-hybridized carbons (Fsp3) is 0.364. The number of piperidine rings is 1. The number of nitrogens with zero attached hydrogens (tertiary/aromatic N) is 5. The first-order valence-corrected chi connectivity index (χ1v) is 10.8. The third-order valence-corrected chi connectivity index (χ3v) is 5.89. The number of hydrogen-bond donors (Lipinski definition) is 1. The summed E-state index contributed by atoms with van der Waals surface area (Å²) >= 11 is 6.04. The highest BCUT2D eigenvalue weighted by atomic mass is 35.5. The van der Waals surface area contributed by atoms with Gasteiger partial charge in [-0.25, -0.2) is 14.6 Å². The number of anilines is 1.